The van der Waals surface area contributed by atoms with Crippen molar-refractivity contribution in [1.29, 1.82) is 0 Å². The van der Waals surface area contributed by atoms with Crippen molar-refractivity contribution in [2.45, 2.75) is 12.6 Å². The first-order valence-corrected chi connectivity index (χ1v) is 7.90. The second-order valence-electron chi connectivity index (χ2n) is 5.77. The van der Waals surface area contributed by atoms with Gasteiger partial charge in [0.25, 0.3) is 0 Å². The van der Waals surface area contributed by atoms with Gasteiger partial charge in [0.05, 0.1) is 6.04 Å². The second-order valence-corrected chi connectivity index (χ2v) is 5.77. The second kappa shape index (κ2) is 6.19. The Morgan fingerprint density at radius 3 is 2.39 bits per heavy atom. The summed E-state index contributed by atoms with van der Waals surface area (Å²) in [6.07, 6.45) is 8.20. The summed E-state index contributed by atoms with van der Waals surface area (Å²) < 4.78 is 0. The Balaban J connectivity index is 1.73. The van der Waals surface area contributed by atoms with Crippen LogP contribution in [0.15, 0.2) is 73.1 Å². The van der Waals surface area contributed by atoms with Gasteiger partial charge in [-0.15, -0.1) is 0 Å². The number of hydrogen-bond donors (Lipinski definition) is 1. The van der Waals surface area contributed by atoms with Crippen molar-refractivity contribution in [1.82, 2.24) is 10.3 Å². The molecule has 0 saturated heterocycles. The van der Waals surface area contributed by atoms with Crippen LogP contribution in [0, 0.1) is 0 Å². The molecule has 1 unspecified atom stereocenters. The number of aromatic nitrogens is 1. The Morgan fingerprint density at radius 1 is 0.783 bits per heavy atom. The Labute approximate surface area is 136 Å². The van der Waals surface area contributed by atoms with Crippen LogP contribution in [0.3, 0.4) is 0 Å². The molecule has 1 atom stereocenters. The Hall–Kier alpha value is -2.71. The van der Waals surface area contributed by atoms with Gasteiger partial charge in [0.2, 0.25) is 0 Å². The summed E-state index contributed by atoms with van der Waals surface area (Å²) in [5.74, 6) is 0. The topological polar surface area (TPSA) is 24.9 Å². The molecule has 2 nitrogen and oxygen atoms in total. The monoisotopic (exact) mass is 298 g/mol. The van der Waals surface area contributed by atoms with Crippen LogP contribution in [-0.4, -0.2) is 4.98 Å². The lowest BCUT2D eigenvalue weighted by atomic mass is 9.95. The van der Waals surface area contributed by atoms with Gasteiger partial charge in [-0.05, 0) is 33.9 Å². The minimum Gasteiger partial charge on any atom is -0.302 e. The van der Waals surface area contributed by atoms with Crippen LogP contribution in [0.1, 0.15) is 33.9 Å². The molecule has 0 spiro atoms. The quantitative estimate of drug-likeness (QED) is 0.773. The van der Waals surface area contributed by atoms with E-state index in [9.17, 15) is 0 Å². The molecule has 0 radical (unpaired) electrons. The zero-order valence-electron chi connectivity index (χ0n) is 12.8. The third kappa shape index (κ3) is 2.81. The lowest BCUT2D eigenvalue weighted by Crippen LogP contribution is -2.23. The minimum absolute atomic E-state index is 0.144. The average Bonchev–Trinajstić information content (AvgIpc) is 2.78. The fraction of sp³-hybridized carbons (Fsp3) is 0.0952. The molecule has 1 aliphatic carbocycles. The predicted molar refractivity (Wildman–Crippen MR) is 94.7 cm³/mol. The van der Waals surface area contributed by atoms with E-state index >= 15 is 0 Å². The highest BCUT2D eigenvalue weighted by molar-refractivity contribution is 5.76. The van der Waals surface area contributed by atoms with Gasteiger partial charge in [0, 0.05) is 18.9 Å². The van der Waals surface area contributed by atoms with Gasteiger partial charge in [0.1, 0.15) is 0 Å². The standard InChI is InChI=1S/C21H18N2/c1-2-6-16(7-3-1)14-23-21-19-9-5-4-8-17(19)10-11-18-12-13-22-15-20(18)21/h1-13,15,21,23H,14H2. The molecule has 1 N–H and O–H groups in total. The van der Waals surface area contributed by atoms with E-state index in [0.29, 0.717) is 0 Å². The number of hydrogen-bond acceptors (Lipinski definition) is 2. The minimum atomic E-state index is 0.144. The maximum atomic E-state index is 4.34. The molecule has 23 heavy (non-hydrogen) atoms. The van der Waals surface area contributed by atoms with Crippen molar-refractivity contribution < 1.29 is 0 Å². The van der Waals surface area contributed by atoms with E-state index in [1.807, 2.05) is 18.5 Å². The maximum absolute atomic E-state index is 4.34. The van der Waals surface area contributed by atoms with Crippen LogP contribution in [0.25, 0.3) is 12.2 Å². The van der Waals surface area contributed by atoms with Gasteiger partial charge >= 0.3 is 0 Å². The van der Waals surface area contributed by atoms with E-state index in [0.717, 1.165) is 6.54 Å². The molecule has 3 aromatic rings. The summed E-state index contributed by atoms with van der Waals surface area (Å²) in [5, 5.41) is 3.71. The Kier molecular flexibility index (Phi) is 3.75. The summed E-state index contributed by atoms with van der Waals surface area (Å²) in [4.78, 5) is 4.34. The highest BCUT2D eigenvalue weighted by atomic mass is 14.9. The number of fused-ring (bicyclic) bond motifs is 2. The van der Waals surface area contributed by atoms with Gasteiger partial charge in [-0.2, -0.15) is 0 Å². The SMILES string of the molecule is C1=Cc2ccncc2C(NCc2ccccc2)c2ccccc21. The highest BCUT2D eigenvalue weighted by Gasteiger charge is 2.20. The molecule has 1 aliphatic rings. The Morgan fingerprint density at radius 2 is 1.52 bits per heavy atom. The first kappa shape index (κ1) is 13.9. The predicted octanol–water partition coefficient (Wildman–Crippen LogP) is 4.44. The number of nitrogens with one attached hydrogen (secondary N) is 1. The molecule has 0 saturated carbocycles. The van der Waals surface area contributed by atoms with E-state index in [-0.39, 0.29) is 6.04 Å². The molecule has 2 aromatic carbocycles. The van der Waals surface area contributed by atoms with E-state index in [2.05, 4.69) is 77.1 Å². The maximum Gasteiger partial charge on any atom is 0.0606 e. The van der Waals surface area contributed by atoms with Crippen LogP contribution in [0.4, 0.5) is 0 Å². The van der Waals surface area contributed by atoms with Crippen LogP contribution < -0.4 is 5.32 Å². The first-order valence-electron chi connectivity index (χ1n) is 7.90. The average molecular weight is 298 g/mol. The molecular weight excluding hydrogens is 280 g/mol. The fourth-order valence-corrected chi connectivity index (χ4v) is 3.12. The molecular formula is C21H18N2. The normalized spacial score (nSPS) is 15.6. The van der Waals surface area contributed by atoms with Crippen molar-refractivity contribution in [2.75, 3.05) is 0 Å². The van der Waals surface area contributed by atoms with Crippen LogP contribution in [-0.2, 0) is 6.54 Å². The molecule has 2 heteroatoms. The van der Waals surface area contributed by atoms with E-state index in [1.54, 1.807) is 0 Å². The van der Waals surface area contributed by atoms with Crippen LogP contribution in [0.2, 0.25) is 0 Å². The van der Waals surface area contributed by atoms with Crippen molar-refractivity contribution in [3.8, 4) is 0 Å². The largest absolute Gasteiger partial charge is 0.302 e. The third-order valence-corrected chi connectivity index (χ3v) is 4.30. The summed E-state index contributed by atoms with van der Waals surface area (Å²) in [6.45, 7) is 0.828. The number of benzene rings is 2. The van der Waals surface area contributed by atoms with Crippen molar-refractivity contribution in [3.63, 3.8) is 0 Å². The number of pyridine rings is 1. The van der Waals surface area contributed by atoms with Crippen LogP contribution >= 0.6 is 0 Å². The summed E-state index contributed by atoms with van der Waals surface area (Å²) >= 11 is 0. The lowest BCUT2D eigenvalue weighted by Gasteiger charge is -2.21. The molecule has 0 fully saturated rings. The molecule has 112 valence electrons. The van der Waals surface area contributed by atoms with E-state index in [1.165, 1.54) is 27.8 Å². The summed E-state index contributed by atoms with van der Waals surface area (Å²) in [6, 6.07) is 21.3. The van der Waals surface area contributed by atoms with Crippen molar-refractivity contribution in [2.24, 2.45) is 0 Å². The zero-order chi connectivity index (χ0) is 15.5. The molecule has 1 heterocycles. The summed E-state index contributed by atoms with van der Waals surface area (Å²) in [7, 11) is 0. The molecule has 4 rings (SSSR count). The van der Waals surface area contributed by atoms with Gasteiger partial charge < -0.3 is 5.32 Å². The van der Waals surface area contributed by atoms with Gasteiger partial charge in [-0.25, -0.2) is 0 Å². The smallest absolute Gasteiger partial charge is 0.0606 e. The van der Waals surface area contributed by atoms with Gasteiger partial charge in [-0.3, -0.25) is 4.98 Å². The number of rotatable bonds is 3. The van der Waals surface area contributed by atoms with Crippen molar-refractivity contribution in [3.05, 3.63) is 101 Å². The molecule has 0 bridgehead atoms. The third-order valence-electron chi connectivity index (χ3n) is 4.30. The molecule has 1 aromatic heterocycles. The summed E-state index contributed by atoms with van der Waals surface area (Å²) in [5.41, 5.74) is 6.29. The highest BCUT2D eigenvalue weighted by Crippen LogP contribution is 2.32. The van der Waals surface area contributed by atoms with Gasteiger partial charge in [0.15, 0.2) is 0 Å². The first-order chi connectivity index (χ1) is 11.4. The van der Waals surface area contributed by atoms with Crippen LogP contribution in [0.5, 0.6) is 0 Å². The molecule has 0 aliphatic heterocycles. The fourth-order valence-electron chi connectivity index (χ4n) is 3.12. The zero-order valence-corrected chi connectivity index (χ0v) is 12.8. The van der Waals surface area contributed by atoms with E-state index in [4.69, 9.17) is 0 Å². The van der Waals surface area contributed by atoms with Gasteiger partial charge in [-0.1, -0.05) is 66.7 Å². The van der Waals surface area contributed by atoms with Crippen molar-refractivity contribution >= 4 is 12.2 Å². The van der Waals surface area contributed by atoms with E-state index < -0.39 is 0 Å². The molecule has 0 amide bonds. The lowest BCUT2D eigenvalue weighted by molar-refractivity contribution is 0.602. The Bertz CT molecular complexity index is 788. The number of nitrogens with zero attached hydrogens (tertiary/aromatic N) is 1.